The second-order valence-electron chi connectivity index (χ2n) is 6.37. The second kappa shape index (κ2) is 10.1. The van der Waals surface area contributed by atoms with Crippen LogP contribution in [0.15, 0.2) is 60.8 Å². The highest BCUT2D eigenvalue weighted by atomic mass is 16.5. The number of aromatic amines is 1. The van der Waals surface area contributed by atoms with Crippen LogP contribution >= 0.6 is 0 Å². The van der Waals surface area contributed by atoms with E-state index in [9.17, 15) is 9.59 Å². The zero-order valence-electron chi connectivity index (χ0n) is 16.3. The second-order valence-corrected chi connectivity index (χ2v) is 6.37. The van der Waals surface area contributed by atoms with E-state index < -0.39 is 5.97 Å². The zero-order chi connectivity index (χ0) is 20.5. The number of fused-ring (bicyclic) bond motifs is 1. The third kappa shape index (κ3) is 5.72. The summed E-state index contributed by atoms with van der Waals surface area (Å²) in [5.41, 5.74) is 2.98. The van der Waals surface area contributed by atoms with E-state index in [1.807, 2.05) is 61.7 Å². The van der Waals surface area contributed by atoms with Crippen LogP contribution in [0.5, 0.6) is 5.75 Å². The van der Waals surface area contributed by atoms with Gasteiger partial charge < -0.3 is 19.8 Å². The minimum atomic E-state index is -0.580. The number of amides is 1. The lowest BCUT2D eigenvalue weighted by Gasteiger charge is -2.06. The fraction of sp³-hybridized carbons (Fsp3) is 0.217. The average Bonchev–Trinajstić information content (AvgIpc) is 3.15. The molecule has 1 heterocycles. The monoisotopic (exact) mass is 392 g/mol. The fourth-order valence-corrected chi connectivity index (χ4v) is 2.97. The highest BCUT2D eigenvalue weighted by molar-refractivity contribution is 5.89. The highest BCUT2D eigenvalue weighted by Crippen LogP contribution is 2.19. The van der Waals surface area contributed by atoms with Crippen molar-refractivity contribution in [2.45, 2.75) is 13.3 Å². The van der Waals surface area contributed by atoms with Crippen LogP contribution in [0.25, 0.3) is 17.0 Å². The summed E-state index contributed by atoms with van der Waals surface area (Å²) in [6.07, 6.45) is 5.54. The molecule has 0 radical (unpaired) electrons. The van der Waals surface area contributed by atoms with Crippen LogP contribution in [0.4, 0.5) is 0 Å². The molecule has 29 heavy (non-hydrogen) atoms. The lowest BCUT2D eigenvalue weighted by Crippen LogP contribution is -2.30. The van der Waals surface area contributed by atoms with Gasteiger partial charge in [0, 0.05) is 35.3 Å². The van der Waals surface area contributed by atoms with E-state index in [0.717, 1.165) is 22.0 Å². The molecule has 0 aliphatic heterocycles. The molecule has 150 valence electrons. The van der Waals surface area contributed by atoms with Crippen molar-refractivity contribution in [3.63, 3.8) is 0 Å². The zero-order valence-corrected chi connectivity index (χ0v) is 16.3. The number of aromatic nitrogens is 1. The number of ether oxygens (including phenoxy) is 2. The Balaban J connectivity index is 1.41. The van der Waals surface area contributed by atoms with Gasteiger partial charge in [-0.25, -0.2) is 4.79 Å². The lowest BCUT2D eigenvalue weighted by atomic mass is 10.1. The predicted octanol–water partition coefficient (Wildman–Crippen LogP) is 3.48. The number of benzene rings is 2. The SMILES string of the molecule is CCOc1ccccc1/C=C/C(=O)OCC(=O)NCCc1c[nH]c2ccccc12. The number of carbonyl (C=O) groups excluding carboxylic acids is 2. The van der Waals surface area contributed by atoms with E-state index >= 15 is 0 Å². The molecule has 0 aliphatic carbocycles. The van der Waals surface area contributed by atoms with E-state index in [1.54, 1.807) is 6.08 Å². The fourth-order valence-electron chi connectivity index (χ4n) is 2.97. The molecule has 0 saturated carbocycles. The van der Waals surface area contributed by atoms with Crippen LogP contribution in [0.1, 0.15) is 18.1 Å². The van der Waals surface area contributed by atoms with Gasteiger partial charge in [0.15, 0.2) is 6.61 Å². The first kappa shape index (κ1) is 20.2. The van der Waals surface area contributed by atoms with Crippen LogP contribution in [-0.2, 0) is 20.7 Å². The highest BCUT2D eigenvalue weighted by Gasteiger charge is 2.07. The largest absolute Gasteiger partial charge is 0.493 e. The van der Waals surface area contributed by atoms with E-state index in [1.165, 1.54) is 6.08 Å². The number of rotatable bonds is 9. The van der Waals surface area contributed by atoms with Gasteiger partial charge in [0.05, 0.1) is 6.61 Å². The Kier molecular flexibility index (Phi) is 7.05. The molecule has 0 fully saturated rings. The average molecular weight is 392 g/mol. The number of carbonyl (C=O) groups is 2. The topological polar surface area (TPSA) is 80.4 Å². The molecule has 6 heteroatoms. The summed E-state index contributed by atoms with van der Waals surface area (Å²) in [5.74, 6) is -0.224. The predicted molar refractivity (Wildman–Crippen MR) is 113 cm³/mol. The molecule has 1 aromatic heterocycles. The van der Waals surface area contributed by atoms with Crippen molar-refractivity contribution in [3.8, 4) is 5.75 Å². The van der Waals surface area contributed by atoms with Crippen LogP contribution in [0, 0.1) is 0 Å². The third-order valence-electron chi connectivity index (χ3n) is 4.35. The number of H-pyrrole nitrogens is 1. The first-order chi connectivity index (χ1) is 14.2. The van der Waals surface area contributed by atoms with Crippen molar-refractivity contribution >= 4 is 28.9 Å². The Morgan fingerprint density at radius 1 is 1.10 bits per heavy atom. The van der Waals surface area contributed by atoms with Crippen LogP contribution < -0.4 is 10.1 Å². The maximum absolute atomic E-state index is 11.9. The minimum absolute atomic E-state index is 0.315. The van der Waals surface area contributed by atoms with Crippen LogP contribution in [0.3, 0.4) is 0 Å². The molecule has 0 unspecified atom stereocenters. The Bertz CT molecular complexity index is 1010. The Morgan fingerprint density at radius 2 is 1.90 bits per heavy atom. The van der Waals surface area contributed by atoms with Gasteiger partial charge in [0.25, 0.3) is 5.91 Å². The first-order valence-corrected chi connectivity index (χ1v) is 9.55. The molecule has 1 amide bonds. The number of para-hydroxylation sites is 2. The van der Waals surface area contributed by atoms with E-state index in [-0.39, 0.29) is 12.5 Å². The summed E-state index contributed by atoms with van der Waals surface area (Å²) >= 11 is 0. The minimum Gasteiger partial charge on any atom is -0.493 e. The van der Waals surface area contributed by atoms with E-state index in [4.69, 9.17) is 9.47 Å². The molecule has 0 spiro atoms. The maximum atomic E-state index is 11.9. The van der Waals surface area contributed by atoms with Gasteiger partial charge >= 0.3 is 5.97 Å². The van der Waals surface area contributed by atoms with Gasteiger partial charge in [-0.3, -0.25) is 4.79 Å². The number of nitrogens with one attached hydrogen (secondary N) is 2. The summed E-state index contributed by atoms with van der Waals surface area (Å²) in [4.78, 5) is 27.0. The Morgan fingerprint density at radius 3 is 2.76 bits per heavy atom. The smallest absolute Gasteiger partial charge is 0.331 e. The van der Waals surface area contributed by atoms with Crippen LogP contribution in [-0.4, -0.2) is 36.6 Å². The molecule has 2 N–H and O–H groups in total. The normalized spacial score (nSPS) is 10.9. The molecule has 0 atom stereocenters. The standard InChI is InChI=1S/C23H24N2O4/c1-2-28-21-10-6-3-7-17(21)11-12-23(27)29-16-22(26)24-14-13-18-15-25-20-9-5-4-8-19(18)20/h3-12,15,25H,2,13-14,16H2,1H3,(H,24,26)/b12-11+. The molecule has 3 aromatic rings. The quantitative estimate of drug-likeness (QED) is 0.432. The van der Waals surface area contributed by atoms with Gasteiger partial charge in [-0.2, -0.15) is 0 Å². The molecule has 6 nitrogen and oxygen atoms in total. The van der Waals surface area contributed by atoms with E-state index in [0.29, 0.717) is 25.3 Å². The van der Waals surface area contributed by atoms with Crippen molar-refractivity contribution in [2.24, 2.45) is 0 Å². The molecule has 0 aliphatic rings. The molecule has 0 bridgehead atoms. The van der Waals surface area contributed by atoms with Gasteiger partial charge in [-0.1, -0.05) is 36.4 Å². The van der Waals surface area contributed by atoms with Gasteiger partial charge in [0.2, 0.25) is 0 Å². The van der Waals surface area contributed by atoms with Crippen LogP contribution in [0.2, 0.25) is 0 Å². The third-order valence-corrected chi connectivity index (χ3v) is 4.35. The summed E-state index contributed by atoms with van der Waals surface area (Å²) < 4.78 is 10.5. The van der Waals surface area contributed by atoms with Gasteiger partial charge in [-0.05, 0) is 37.1 Å². The molecular weight excluding hydrogens is 368 g/mol. The summed E-state index contributed by atoms with van der Waals surface area (Å²) in [6, 6.07) is 15.4. The van der Waals surface area contributed by atoms with Crippen molar-refractivity contribution < 1.29 is 19.1 Å². The Labute approximate surface area is 169 Å². The lowest BCUT2D eigenvalue weighted by molar-refractivity contribution is -0.143. The summed E-state index contributed by atoms with van der Waals surface area (Å²) in [6.45, 7) is 2.58. The molecular formula is C23H24N2O4. The molecule has 2 aromatic carbocycles. The molecule has 3 rings (SSSR count). The number of esters is 1. The Hall–Kier alpha value is -3.54. The number of hydrogen-bond donors (Lipinski definition) is 2. The van der Waals surface area contributed by atoms with Crippen molar-refractivity contribution in [1.82, 2.24) is 10.3 Å². The number of hydrogen-bond acceptors (Lipinski definition) is 4. The van der Waals surface area contributed by atoms with Crippen molar-refractivity contribution in [2.75, 3.05) is 19.8 Å². The van der Waals surface area contributed by atoms with Gasteiger partial charge in [0.1, 0.15) is 5.75 Å². The maximum Gasteiger partial charge on any atom is 0.331 e. The molecule has 0 saturated heterocycles. The van der Waals surface area contributed by atoms with E-state index in [2.05, 4.69) is 10.3 Å². The first-order valence-electron chi connectivity index (χ1n) is 9.55. The van der Waals surface area contributed by atoms with Crippen molar-refractivity contribution in [1.29, 1.82) is 0 Å². The van der Waals surface area contributed by atoms with Crippen molar-refractivity contribution in [3.05, 3.63) is 71.9 Å². The summed E-state index contributed by atoms with van der Waals surface area (Å²) in [7, 11) is 0. The summed E-state index contributed by atoms with van der Waals surface area (Å²) in [5, 5.41) is 3.91. The van der Waals surface area contributed by atoms with Gasteiger partial charge in [-0.15, -0.1) is 0 Å².